The fourth-order valence-electron chi connectivity index (χ4n) is 5.18. The summed E-state index contributed by atoms with van der Waals surface area (Å²) in [4.78, 5) is 25.6. The second-order valence-electron chi connectivity index (χ2n) is 10.4. The third-order valence-electron chi connectivity index (χ3n) is 7.36. The summed E-state index contributed by atoms with van der Waals surface area (Å²) >= 11 is 0. The summed E-state index contributed by atoms with van der Waals surface area (Å²) in [6.07, 6.45) is 5.03. The molecule has 11 heteroatoms. The molecule has 2 aromatic carbocycles. The fraction of sp³-hybridized carbons (Fsp3) is 0.455. The first-order valence-electron chi connectivity index (χ1n) is 15.2. The monoisotopic (exact) mass is 609 g/mol. The van der Waals surface area contributed by atoms with Gasteiger partial charge in [0.05, 0.1) is 44.1 Å². The summed E-state index contributed by atoms with van der Waals surface area (Å²) in [5, 5.41) is 15.6. The molecule has 3 atom stereocenters. The summed E-state index contributed by atoms with van der Waals surface area (Å²) in [7, 11) is 0. The van der Waals surface area contributed by atoms with Gasteiger partial charge >= 0.3 is 0 Å². The normalized spacial score (nSPS) is 18.0. The average molecular weight is 610 g/mol. The highest BCUT2D eigenvalue weighted by Gasteiger charge is 2.39. The number of anilines is 2. The zero-order valence-corrected chi connectivity index (χ0v) is 25.2. The van der Waals surface area contributed by atoms with Gasteiger partial charge in [0.2, 0.25) is 12.2 Å². The number of furan rings is 1. The molecule has 238 valence electrons. The summed E-state index contributed by atoms with van der Waals surface area (Å²) in [6, 6.07) is 14.9. The maximum absolute atomic E-state index is 13.3. The van der Waals surface area contributed by atoms with Crippen molar-refractivity contribution >= 4 is 34.2 Å². The van der Waals surface area contributed by atoms with Crippen LogP contribution in [0.5, 0.6) is 0 Å². The van der Waals surface area contributed by atoms with Crippen molar-refractivity contribution in [3.05, 3.63) is 72.2 Å². The topological polar surface area (TPSA) is 155 Å². The van der Waals surface area contributed by atoms with Crippen molar-refractivity contribution in [3.63, 3.8) is 0 Å². The number of amides is 2. The molecule has 0 unspecified atom stereocenters. The van der Waals surface area contributed by atoms with E-state index < -0.39 is 6.29 Å². The van der Waals surface area contributed by atoms with Crippen LogP contribution in [-0.4, -0.2) is 69.4 Å². The number of rotatable bonds is 18. The predicted molar refractivity (Wildman–Crippen MR) is 167 cm³/mol. The Morgan fingerprint density at radius 1 is 1.00 bits per heavy atom. The van der Waals surface area contributed by atoms with Gasteiger partial charge in [-0.2, -0.15) is 0 Å². The van der Waals surface area contributed by atoms with E-state index in [2.05, 4.69) is 10.6 Å². The van der Waals surface area contributed by atoms with Crippen LogP contribution in [-0.2, 0) is 28.5 Å². The number of unbranched alkanes of at least 4 members (excludes halogenated alkanes) is 1. The Morgan fingerprint density at radius 3 is 2.57 bits per heavy atom. The molecule has 0 spiro atoms. The molecule has 1 aliphatic rings. The van der Waals surface area contributed by atoms with Gasteiger partial charge in [-0.1, -0.05) is 30.3 Å². The van der Waals surface area contributed by atoms with E-state index in [1.54, 1.807) is 18.4 Å². The Balaban J connectivity index is 1.38. The highest BCUT2D eigenvalue weighted by molar-refractivity contribution is 5.94. The number of aliphatic hydroxyl groups excluding tert-OH is 1. The number of carbonyl (C=O) groups is 2. The van der Waals surface area contributed by atoms with Gasteiger partial charge in [-0.25, -0.2) is 0 Å². The zero-order chi connectivity index (χ0) is 31.1. The van der Waals surface area contributed by atoms with Gasteiger partial charge in [-0.15, -0.1) is 0 Å². The molecule has 0 saturated carbocycles. The molecule has 1 aliphatic heterocycles. The highest BCUT2D eigenvalue weighted by atomic mass is 16.7. The van der Waals surface area contributed by atoms with E-state index in [4.69, 9.17) is 34.2 Å². The van der Waals surface area contributed by atoms with Crippen molar-refractivity contribution in [3.8, 4) is 0 Å². The highest BCUT2D eigenvalue weighted by Crippen LogP contribution is 2.42. The summed E-state index contributed by atoms with van der Waals surface area (Å²) in [6.45, 7) is 4.15. The van der Waals surface area contributed by atoms with Crippen LogP contribution in [0.25, 0.3) is 11.0 Å². The molecule has 0 radical (unpaired) electrons. The quantitative estimate of drug-likeness (QED) is 0.122. The van der Waals surface area contributed by atoms with E-state index in [1.165, 1.54) is 0 Å². The van der Waals surface area contributed by atoms with Gasteiger partial charge in [0.15, 0.2) is 5.76 Å². The standard InChI is InChI=1S/C33H43N3O8/c1-2-42-33-24(14-17-40-19-20-41-18-16-37)25(26-22-43-29-12-6-3-9-23(26)29)21-30(44-33)32(39)35-15-8-7-13-31(38)36-28-11-5-4-10-27(28)34/h3-6,9-12,21-22,24-25,33,37H,2,7-8,13-20,34H2,1H3,(H,35,39)(H,36,38)/t24-,25-,33+/m1/s1. The first-order chi connectivity index (χ1) is 21.5. The number of hydrogen-bond donors (Lipinski definition) is 4. The first kappa shape index (κ1) is 33.0. The Bertz CT molecular complexity index is 1370. The van der Waals surface area contributed by atoms with Gasteiger partial charge in [0, 0.05) is 49.0 Å². The molecule has 0 fully saturated rings. The molecule has 0 aliphatic carbocycles. The van der Waals surface area contributed by atoms with Gasteiger partial charge in [0.1, 0.15) is 5.58 Å². The Kier molecular flexibility index (Phi) is 13.1. The summed E-state index contributed by atoms with van der Waals surface area (Å²) in [5.74, 6) is -0.665. The van der Waals surface area contributed by atoms with E-state index >= 15 is 0 Å². The van der Waals surface area contributed by atoms with Crippen LogP contribution >= 0.6 is 0 Å². The summed E-state index contributed by atoms with van der Waals surface area (Å²) < 4.78 is 29.1. The van der Waals surface area contributed by atoms with Crippen LogP contribution in [0.2, 0.25) is 0 Å². The van der Waals surface area contributed by atoms with Crippen LogP contribution in [0.4, 0.5) is 11.4 Å². The molecule has 4 rings (SSSR count). The second-order valence-corrected chi connectivity index (χ2v) is 10.4. The van der Waals surface area contributed by atoms with E-state index in [1.807, 2.05) is 49.4 Å². The van der Waals surface area contributed by atoms with Crippen LogP contribution in [0.15, 0.2) is 71.0 Å². The molecule has 2 amide bonds. The first-order valence-corrected chi connectivity index (χ1v) is 15.2. The average Bonchev–Trinajstić information content (AvgIpc) is 3.46. The lowest BCUT2D eigenvalue weighted by Gasteiger charge is -2.36. The second kappa shape index (κ2) is 17.4. The number of nitrogen functional groups attached to an aromatic ring is 1. The number of hydrogen-bond acceptors (Lipinski definition) is 9. The third-order valence-corrected chi connectivity index (χ3v) is 7.36. The van der Waals surface area contributed by atoms with E-state index in [9.17, 15) is 9.59 Å². The number of benzene rings is 2. The van der Waals surface area contributed by atoms with Gasteiger partial charge in [-0.3, -0.25) is 9.59 Å². The number of fused-ring (bicyclic) bond motifs is 1. The van der Waals surface area contributed by atoms with Crippen molar-refractivity contribution in [1.29, 1.82) is 0 Å². The Morgan fingerprint density at radius 2 is 1.77 bits per heavy atom. The SMILES string of the molecule is CCO[C@H]1OC(C(=O)NCCCCC(=O)Nc2ccccc2N)=C[C@@H](c2coc3ccccc23)[C@H]1CCOCCOCCO. The lowest BCUT2D eigenvalue weighted by atomic mass is 9.81. The molecule has 0 bridgehead atoms. The molecule has 3 aromatic rings. The molecule has 44 heavy (non-hydrogen) atoms. The third kappa shape index (κ3) is 9.30. The molecule has 2 heterocycles. The van der Waals surface area contributed by atoms with Crippen LogP contribution in [0.1, 0.15) is 44.1 Å². The lowest BCUT2D eigenvalue weighted by molar-refractivity contribution is -0.168. The minimum Gasteiger partial charge on any atom is -0.464 e. The Hall–Kier alpha value is -3.90. The smallest absolute Gasteiger partial charge is 0.286 e. The van der Waals surface area contributed by atoms with E-state index in [0.717, 1.165) is 16.5 Å². The minimum absolute atomic E-state index is 0.0279. The maximum Gasteiger partial charge on any atom is 0.286 e. The van der Waals surface area contributed by atoms with Crippen LogP contribution < -0.4 is 16.4 Å². The molecular formula is C33H43N3O8. The maximum atomic E-state index is 13.3. The zero-order valence-electron chi connectivity index (χ0n) is 25.2. The largest absolute Gasteiger partial charge is 0.464 e. The van der Waals surface area contributed by atoms with Gasteiger partial charge in [-0.05, 0) is 50.5 Å². The number of nitrogens with two attached hydrogens (primary N) is 1. The van der Waals surface area contributed by atoms with Crippen molar-refractivity contribution in [2.75, 3.05) is 57.2 Å². The number of allylic oxidation sites excluding steroid dienone is 1. The number of para-hydroxylation sites is 3. The van der Waals surface area contributed by atoms with Crippen LogP contribution in [0.3, 0.4) is 0 Å². The minimum atomic E-state index is -0.673. The van der Waals surface area contributed by atoms with Crippen molar-refractivity contribution in [2.24, 2.45) is 5.92 Å². The van der Waals surface area contributed by atoms with Crippen molar-refractivity contribution < 1.29 is 38.1 Å². The molecular weight excluding hydrogens is 566 g/mol. The van der Waals surface area contributed by atoms with Gasteiger partial charge < -0.3 is 44.8 Å². The summed E-state index contributed by atoms with van der Waals surface area (Å²) in [5.41, 5.74) is 8.70. The van der Waals surface area contributed by atoms with E-state index in [-0.39, 0.29) is 42.6 Å². The lowest BCUT2D eigenvalue weighted by Crippen LogP contribution is -2.39. The van der Waals surface area contributed by atoms with Crippen molar-refractivity contribution in [1.82, 2.24) is 5.32 Å². The predicted octanol–water partition coefficient (Wildman–Crippen LogP) is 4.33. The number of carbonyl (C=O) groups excluding carboxylic acids is 2. The number of ether oxygens (including phenoxy) is 4. The van der Waals surface area contributed by atoms with Crippen LogP contribution in [0, 0.1) is 5.92 Å². The molecule has 1 aromatic heterocycles. The number of nitrogens with one attached hydrogen (secondary N) is 2. The molecule has 11 nitrogen and oxygen atoms in total. The van der Waals surface area contributed by atoms with Crippen molar-refractivity contribution in [2.45, 2.75) is 44.8 Å². The number of aliphatic hydroxyl groups is 1. The van der Waals surface area contributed by atoms with E-state index in [0.29, 0.717) is 70.0 Å². The molecule has 0 saturated heterocycles. The van der Waals surface area contributed by atoms with Gasteiger partial charge in [0.25, 0.3) is 5.91 Å². The Labute approximate surface area is 257 Å². The fourth-order valence-corrected chi connectivity index (χ4v) is 5.18. The molecule has 5 N–H and O–H groups in total.